The Balaban J connectivity index is 1.51. The second-order valence-corrected chi connectivity index (χ2v) is 7.86. The molecular formula is C15H21N5OS2. The van der Waals surface area contributed by atoms with Crippen molar-refractivity contribution in [2.24, 2.45) is 5.92 Å². The number of thioether (sulfide) groups is 1. The van der Waals surface area contributed by atoms with E-state index < -0.39 is 0 Å². The van der Waals surface area contributed by atoms with Gasteiger partial charge in [-0.25, -0.2) is 4.68 Å². The summed E-state index contributed by atoms with van der Waals surface area (Å²) in [6.45, 7) is 2.27. The van der Waals surface area contributed by atoms with Crippen molar-refractivity contribution >= 4 is 29.0 Å². The summed E-state index contributed by atoms with van der Waals surface area (Å²) >= 11 is 2.88. The molecule has 2 aromatic rings. The molecule has 3 N–H and O–H groups in total. The third-order valence-corrected chi connectivity index (χ3v) is 5.93. The number of amides is 1. The van der Waals surface area contributed by atoms with Crippen LogP contribution in [0.2, 0.25) is 0 Å². The number of nitrogens with zero attached hydrogens (tertiary/aromatic N) is 3. The molecule has 23 heavy (non-hydrogen) atoms. The largest absolute Gasteiger partial charge is 0.353 e. The normalized spacial score (nSPS) is 21.3. The van der Waals surface area contributed by atoms with Crippen molar-refractivity contribution in [1.29, 1.82) is 0 Å². The monoisotopic (exact) mass is 351 g/mol. The van der Waals surface area contributed by atoms with Gasteiger partial charge in [-0.1, -0.05) is 24.8 Å². The molecule has 6 nitrogen and oxygen atoms in total. The van der Waals surface area contributed by atoms with Crippen LogP contribution in [-0.4, -0.2) is 32.6 Å². The van der Waals surface area contributed by atoms with Gasteiger partial charge in [-0.15, -0.1) is 21.5 Å². The van der Waals surface area contributed by atoms with Crippen molar-refractivity contribution in [2.75, 3.05) is 11.6 Å². The summed E-state index contributed by atoms with van der Waals surface area (Å²) in [5, 5.41) is 13.8. The number of carbonyl (C=O) groups excluding carboxylic acids is 1. The van der Waals surface area contributed by atoms with Gasteiger partial charge in [0.1, 0.15) is 0 Å². The molecule has 0 radical (unpaired) electrons. The van der Waals surface area contributed by atoms with Crippen LogP contribution in [-0.2, 0) is 4.79 Å². The predicted octanol–water partition coefficient (Wildman–Crippen LogP) is 2.51. The van der Waals surface area contributed by atoms with Gasteiger partial charge >= 0.3 is 0 Å². The quantitative estimate of drug-likeness (QED) is 0.638. The zero-order chi connectivity index (χ0) is 16.2. The van der Waals surface area contributed by atoms with Gasteiger partial charge in [0.05, 0.1) is 10.6 Å². The molecule has 0 unspecified atom stereocenters. The number of rotatable bonds is 5. The molecule has 8 heteroatoms. The van der Waals surface area contributed by atoms with E-state index in [0.717, 1.165) is 23.6 Å². The molecule has 2 heterocycles. The van der Waals surface area contributed by atoms with Crippen molar-refractivity contribution in [3.8, 4) is 10.7 Å². The van der Waals surface area contributed by atoms with Gasteiger partial charge in [-0.3, -0.25) is 4.79 Å². The molecule has 3 rings (SSSR count). The molecular weight excluding hydrogens is 330 g/mol. The Morgan fingerprint density at radius 1 is 1.43 bits per heavy atom. The van der Waals surface area contributed by atoms with Crippen molar-refractivity contribution in [1.82, 2.24) is 20.2 Å². The number of nitrogens with one attached hydrogen (secondary N) is 1. The van der Waals surface area contributed by atoms with E-state index in [9.17, 15) is 4.79 Å². The first-order valence-corrected chi connectivity index (χ1v) is 9.66. The van der Waals surface area contributed by atoms with Gasteiger partial charge < -0.3 is 11.2 Å². The zero-order valence-electron chi connectivity index (χ0n) is 13.1. The first-order valence-electron chi connectivity index (χ1n) is 7.80. The first kappa shape index (κ1) is 16.3. The number of thiophene rings is 1. The number of nitrogens with two attached hydrogens (primary N) is 1. The van der Waals surface area contributed by atoms with Crippen molar-refractivity contribution in [3.05, 3.63) is 17.5 Å². The average molecular weight is 352 g/mol. The fourth-order valence-corrected chi connectivity index (χ4v) is 4.13. The van der Waals surface area contributed by atoms with Gasteiger partial charge in [-0.2, -0.15) is 0 Å². The lowest BCUT2D eigenvalue weighted by Crippen LogP contribution is -2.38. The van der Waals surface area contributed by atoms with Gasteiger partial charge in [-0.05, 0) is 43.0 Å². The molecule has 0 spiro atoms. The SMILES string of the molecule is CC1CCC(NC(=O)CSc2nnc(-c3cccs3)n2N)CC1. The van der Waals surface area contributed by atoms with Crippen LogP contribution < -0.4 is 11.2 Å². The third kappa shape index (κ3) is 4.06. The van der Waals surface area contributed by atoms with E-state index in [2.05, 4.69) is 22.4 Å². The van der Waals surface area contributed by atoms with Crippen LogP contribution in [0.25, 0.3) is 10.7 Å². The maximum atomic E-state index is 12.1. The topological polar surface area (TPSA) is 85.8 Å². The smallest absolute Gasteiger partial charge is 0.230 e. The molecule has 1 aliphatic carbocycles. The lowest BCUT2D eigenvalue weighted by Gasteiger charge is -2.26. The van der Waals surface area contributed by atoms with Crippen LogP contribution in [0.5, 0.6) is 0 Å². The molecule has 1 saturated carbocycles. The summed E-state index contributed by atoms with van der Waals surface area (Å²) in [5.41, 5.74) is 0. The molecule has 1 aliphatic rings. The molecule has 0 saturated heterocycles. The standard InChI is InChI=1S/C15H21N5OS2/c1-10-4-6-11(7-5-10)17-13(21)9-23-15-19-18-14(20(15)16)12-3-2-8-22-12/h2-3,8,10-11H,4-7,9,16H2,1H3,(H,17,21). The van der Waals surface area contributed by atoms with Crippen LogP contribution in [0.4, 0.5) is 0 Å². The van der Waals surface area contributed by atoms with Crippen molar-refractivity contribution < 1.29 is 4.79 Å². The summed E-state index contributed by atoms with van der Waals surface area (Å²) in [4.78, 5) is 13.1. The Kier molecular flexibility index (Phi) is 5.22. The van der Waals surface area contributed by atoms with Crippen LogP contribution in [0.3, 0.4) is 0 Å². The molecule has 0 aromatic carbocycles. The van der Waals surface area contributed by atoms with Crippen molar-refractivity contribution in [2.45, 2.75) is 43.8 Å². The third-order valence-electron chi connectivity index (χ3n) is 4.12. The molecule has 1 fully saturated rings. The fourth-order valence-electron chi connectivity index (χ4n) is 2.75. The number of hydrogen-bond donors (Lipinski definition) is 2. The number of hydrogen-bond acceptors (Lipinski definition) is 6. The van der Waals surface area contributed by atoms with E-state index in [4.69, 9.17) is 5.84 Å². The van der Waals surface area contributed by atoms with E-state index in [-0.39, 0.29) is 5.91 Å². The summed E-state index contributed by atoms with van der Waals surface area (Å²) in [6.07, 6.45) is 4.54. The number of carbonyl (C=O) groups is 1. The Morgan fingerprint density at radius 2 is 2.22 bits per heavy atom. The summed E-state index contributed by atoms with van der Waals surface area (Å²) in [6, 6.07) is 4.21. The van der Waals surface area contributed by atoms with Crippen LogP contribution in [0.1, 0.15) is 32.6 Å². The van der Waals surface area contributed by atoms with E-state index in [1.165, 1.54) is 29.3 Å². The van der Waals surface area contributed by atoms with E-state index in [0.29, 0.717) is 22.8 Å². The minimum atomic E-state index is 0.0372. The Bertz CT molecular complexity index is 647. The molecule has 2 aromatic heterocycles. The minimum absolute atomic E-state index is 0.0372. The summed E-state index contributed by atoms with van der Waals surface area (Å²) < 4.78 is 1.45. The number of aromatic nitrogens is 3. The maximum Gasteiger partial charge on any atom is 0.230 e. The number of nitrogen functional groups attached to an aromatic ring is 1. The molecule has 1 amide bonds. The summed E-state index contributed by atoms with van der Waals surface area (Å²) in [7, 11) is 0. The highest BCUT2D eigenvalue weighted by Gasteiger charge is 2.20. The van der Waals surface area contributed by atoms with E-state index >= 15 is 0 Å². The van der Waals surface area contributed by atoms with E-state index in [1.807, 2.05) is 17.5 Å². The molecule has 0 aliphatic heterocycles. The molecule has 0 atom stereocenters. The highest BCUT2D eigenvalue weighted by Crippen LogP contribution is 2.26. The van der Waals surface area contributed by atoms with Gasteiger partial charge in [0.15, 0.2) is 5.82 Å². The highest BCUT2D eigenvalue weighted by atomic mass is 32.2. The fraction of sp³-hybridized carbons (Fsp3) is 0.533. The Hall–Kier alpha value is -1.54. The maximum absolute atomic E-state index is 12.1. The van der Waals surface area contributed by atoms with Crippen LogP contribution in [0.15, 0.2) is 22.7 Å². The lowest BCUT2D eigenvalue weighted by molar-refractivity contribution is -0.119. The molecule has 0 bridgehead atoms. The van der Waals surface area contributed by atoms with E-state index in [1.54, 1.807) is 11.3 Å². The van der Waals surface area contributed by atoms with Gasteiger partial charge in [0.2, 0.25) is 11.1 Å². The average Bonchev–Trinajstić information content (AvgIpc) is 3.17. The highest BCUT2D eigenvalue weighted by molar-refractivity contribution is 7.99. The second kappa shape index (κ2) is 7.35. The first-order chi connectivity index (χ1) is 11.1. The van der Waals surface area contributed by atoms with Crippen LogP contribution in [0, 0.1) is 5.92 Å². The van der Waals surface area contributed by atoms with Crippen LogP contribution >= 0.6 is 23.1 Å². The Labute approximate surface area is 143 Å². The van der Waals surface area contributed by atoms with Gasteiger partial charge in [0, 0.05) is 6.04 Å². The predicted molar refractivity (Wildman–Crippen MR) is 93.8 cm³/mol. The van der Waals surface area contributed by atoms with Crippen molar-refractivity contribution in [3.63, 3.8) is 0 Å². The zero-order valence-corrected chi connectivity index (χ0v) is 14.7. The Morgan fingerprint density at radius 3 is 2.91 bits per heavy atom. The lowest BCUT2D eigenvalue weighted by atomic mass is 9.87. The summed E-state index contributed by atoms with van der Waals surface area (Å²) in [5.74, 6) is 7.78. The minimum Gasteiger partial charge on any atom is -0.353 e. The van der Waals surface area contributed by atoms with Gasteiger partial charge in [0.25, 0.3) is 0 Å². The molecule has 124 valence electrons. The second-order valence-electron chi connectivity index (χ2n) is 5.97.